The summed E-state index contributed by atoms with van der Waals surface area (Å²) in [7, 11) is 0. The fraction of sp³-hybridized carbons (Fsp3) is 0.190. The van der Waals surface area contributed by atoms with Crippen LogP contribution in [0, 0.1) is 0 Å². The molecule has 1 heterocycles. The summed E-state index contributed by atoms with van der Waals surface area (Å²) in [5.74, 6) is 0.866. The van der Waals surface area contributed by atoms with Crippen LogP contribution in [0.1, 0.15) is 13.8 Å². The molecule has 3 aromatic rings. The number of carbonyl (C=O) groups is 2. The van der Waals surface area contributed by atoms with Crippen molar-refractivity contribution < 1.29 is 14.3 Å². The van der Waals surface area contributed by atoms with E-state index in [9.17, 15) is 9.59 Å². The highest BCUT2D eigenvalue weighted by atomic mass is 32.2. The first kappa shape index (κ1) is 20.9. The van der Waals surface area contributed by atoms with Crippen LogP contribution in [-0.4, -0.2) is 29.2 Å². The van der Waals surface area contributed by atoms with Crippen molar-refractivity contribution in [1.29, 1.82) is 0 Å². The number of ether oxygens (including phenoxy) is 1. The highest BCUT2D eigenvalue weighted by Gasteiger charge is 2.09. The smallest absolute Gasteiger partial charge is 0.236 e. The van der Waals surface area contributed by atoms with Crippen LogP contribution in [0.3, 0.4) is 0 Å². The minimum Gasteiger partial charge on any atom is -0.494 e. The van der Waals surface area contributed by atoms with E-state index < -0.39 is 0 Å². The van der Waals surface area contributed by atoms with Crippen molar-refractivity contribution in [3.63, 3.8) is 0 Å². The third kappa shape index (κ3) is 6.33. The molecule has 0 aliphatic rings. The third-order valence-electron chi connectivity index (χ3n) is 3.76. The number of aromatic nitrogens is 1. The molecule has 0 fully saturated rings. The number of anilines is 2. The third-order valence-corrected chi connectivity index (χ3v) is 5.53. The molecule has 2 aromatic carbocycles. The molecule has 8 heteroatoms. The van der Waals surface area contributed by atoms with E-state index >= 15 is 0 Å². The second-order valence-corrected chi connectivity index (χ2v) is 7.94. The van der Waals surface area contributed by atoms with Crippen LogP contribution in [0.4, 0.5) is 10.8 Å². The van der Waals surface area contributed by atoms with Gasteiger partial charge in [0.1, 0.15) is 5.75 Å². The van der Waals surface area contributed by atoms with Crippen molar-refractivity contribution in [3.05, 3.63) is 53.9 Å². The molecular weight excluding hydrogens is 406 g/mol. The number of amides is 2. The number of carbonyl (C=O) groups excluding carboxylic acids is 2. The van der Waals surface area contributed by atoms with Gasteiger partial charge >= 0.3 is 0 Å². The number of nitrogens with zero attached hydrogens (tertiary/aromatic N) is 1. The lowest BCUT2D eigenvalue weighted by Crippen LogP contribution is -2.13. The highest BCUT2D eigenvalue weighted by molar-refractivity contribution is 8.00. The zero-order chi connectivity index (χ0) is 20.6. The van der Waals surface area contributed by atoms with Gasteiger partial charge in [-0.05, 0) is 55.5 Å². The van der Waals surface area contributed by atoms with Crippen molar-refractivity contribution in [3.8, 4) is 17.0 Å². The normalized spacial score (nSPS) is 10.4. The van der Waals surface area contributed by atoms with Crippen LogP contribution in [0.2, 0.25) is 0 Å². The second kappa shape index (κ2) is 10.1. The van der Waals surface area contributed by atoms with E-state index in [0.29, 0.717) is 11.7 Å². The van der Waals surface area contributed by atoms with Crippen LogP contribution in [0.25, 0.3) is 11.3 Å². The number of thioether (sulfide) groups is 1. The quantitative estimate of drug-likeness (QED) is 0.500. The standard InChI is InChI=1S/C21H21N3O3S2/c1-3-27-17-8-4-15(5-9-17)19-12-29-21(23-19)24-20(26)13-28-18-10-6-16(7-11-18)22-14(2)25/h4-12H,3,13H2,1-2H3,(H,22,25)(H,23,24,26). The molecular formula is C21H21N3O3S2. The summed E-state index contributed by atoms with van der Waals surface area (Å²) in [6.45, 7) is 4.04. The van der Waals surface area contributed by atoms with E-state index in [-0.39, 0.29) is 17.6 Å². The Hall–Kier alpha value is -2.84. The topological polar surface area (TPSA) is 80.3 Å². The summed E-state index contributed by atoms with van der Waals surface area (Å²) in [4.78, 5) is 28.7. The first-order valence-corrected chi connectivity index (χ1v) is 10.9. The van der Waals surface area contributed by atoms with E-state index in [4.69, 9.17) is 4.74 Å². The molecule has 0 aliphatic carbocycles. The van der Waals surface area contributed by atoms with Gasteiger partial charge in [0.25, 0.3) is 0 Å². The Labute approximate surface area is 177 Å². The number of hydrogen-bond donors (Lipinski definition) is 2. The predicted molar refractivity (Wildman–Crippen MR) is 119 cm³/mol. The second-order valence-electron chi connectivity index (χ2n) is 6.04. The van der Waals surface area contributed by atoms with E-state index in [1.807, 2.05) is 60.8 Å². The SMILES string of the molecule is CCOc1ccc(-c2csc(NC(=O)CSc3ccc(NC(C)=O)cc3)n2)cc1. The van der Waals surface area contributed by atoms with E-state index in [1.54, 1.807) is 0 Å². The molecule has 150 valence electrons. The molecule has 0 bridgehead atoms. The first-order valence-electron chi connectivity index (χ1n) is 9.02. The summed E-state index contributed by atoms with van der Waals surface area (Å²) in [6, 6.07) is 15.1. The molecule has 3 rings (SSSR count). The zero-order valence-electron chi connectivity index (χ0n) is 16.1. The van der Waals surface area contributed by atoms with Gasteiger partial charge in [-0.25, -0.2) is 4.98 Å². The summed E-state index contributed by atoms with van der Waals surface area (Å²) in [5.41, 5.74) is 2.52. The fourth-order valence-electron chi connectivity index (χ4n) is 2.49. The molecule has 1 aromatic heterocycles. The van der Waals surface area contributed by atoms with E-state index in [2.05, 4.69) is 15.6 Å². The van der Waals surface area contributed by atoms with E-state index in [0.717, 1.165) is 27.6 Å². The van der Waals surface area contributed by atoms with Crippen LogP contribution < -0.4 is 15.4 Å². The van der Waals surface area contributed by atoms with Gasteiger partial charge in [-0.3, -0.25) is 9.59 Å². The van der Waals surface area contributed by atoms with Gasteiger partial charge in [0.2, 0.25) is 11.8 Å². The largest absolute Gasteiger partial charge is 0.494 e. The van der Waals surface area contributed by atoms with Gasteiger partial charge in [0.15, 0.2) is 5.13 Å². The monoisotopic (exact) mass is 427 g/mol. The molecule has 2 amide bonds. The number of hydrogen-bond acceptors (Lipinski definition) is 6. The van der Waals surface area contributed by atoms with Crippen molar-refractivity contribution in [2.75, 3.05) is 23.0 Å². The van der Waals surface area contributed by atoms with Gasteiger partial charge < -0.3 is 15.4 Å². The number of nitrogens with one attached hydrogen (secondary N) is 2. The lowest BCUT2D eigenvalue weighted by molar-refractivity contribution is -0.114. The Bertz CT molecular complexity index is 970. The Kier molecular flexibility index (Phi) is 7.26. The molecule has 2 N–H and O–H groups in total. The Morgan fingerprint density at radius 1 is 1.07 bits per heavy atom. The lowest BCUT2D eigenvalue weighted by atomic mass is 10.2. The molecule has 0 unspecified atom stereocenters. The average Bonchev–Trinajstić information content (AvgIpc) is 3.16. The van der Waals surface area contributed by atoms with Crippen LogP contribution in [-0.2, 0) is 9.59 Å². The van der Waals surface area contributed by atoms with E-state index in [1.165, 1.54) is 30.0 Å². The minimum atomic E-state index is -0.117. The molecule has 0 radical (unpaired) electrons. The van der Waals surface area contributed by atoms with Crippen molar-refractivity contribution in [2.24, 2.45) is 0 Å². The van der Waals surface area contributed by atoms with Gasteiger partial charge in [-0.15, -0.1) is 23.1 Å². The molecule has 0 saturated carbocycles. The molecule has 29 heavy (non-hydrogen) atoms. The van der Waals surface area contributed by atoms with Gasteiger partial charge in [0.05, 0.1) is 18.1 Å². The number of rotatable bonds is 8. The molecule has 0 atom stereocenters. The van der Waals surface area contributed by atoms with Crippen molar-refractivity contribution >= 4 is 45.7 Å². The molecule has 6 nitrogen and oxygen atoms in total. The molecule has 0 aliphatic heterocycles. The summed E-state index contributed by atoms with van der Waals surface area (Å²) < 4.78 is 5.45. The maximum Gasteiger partial charge on any atom is 0.236 e. The Morgan fingerprint density at radius 2 is 1.79 bits per heavy atom. The lowest BCUT2D eigenvalue weighted by Gasteiger charge is -2.05. The zero-order valence-corrected chi connectivity index (χ0v) is 17.7. The highest BCUT2D eigenvalue weighted by Crippen LogP contribution is 2.27. The van der Waals surface area contributed by atoms with Gasteiger partial charge in [0, 0.05) is 28.5 Å². The van der Waals surface area contributed by atoms with Gasteiger partial charge in [-0.1, -0.05) is 0 Å². The average molecular weight is 428 g/mol. The number of benzene rings is 2. The summed E-state index contributed by atoms with van der Waals surface area (Å²) in [6.07, 6.45) is 0. The van der Waals surface area contributed by atoms with Crippen molar-refractivity contribution in [2.45, 2.75) is 18.7 Å². The predicted octanol–water partition coefficient (Wildman–Crippen LogP) is 4.90. The first-order chi connectivity index (χ1) is 14.0. The molecule has 0 saturated heterocycles. The maximum absolute atomic E-state index is 12.2. The maximum atomic E-state index is 12.2. The van der Waals surface area contributed by atoms with Gasteiger partial charge in [-0.2, -0.15) is 0 Å². The summed E-state index contributed by atoms with van der Waals surface area (Å²) >= 11 is 2.82. The fourth-order valence-corrected chi connectivity index (χ4v) is 3.93. The van der Waals surface area contributed by atoms with Crippen molar-refractivity contribution in [1.82, 2.24) is 4.98 Å². The van der Waals surface area contributed by atoms with Crippen LogP contribution in [0.15, 0.2) is 58.8 Å². The Balaban J connectivity index is 1.51. The minimum absolute atomic E-state index is 0.113. The van der Waals surface area contributed by atoms with Crippen LogP contribution >= 0.6 is 23.1 Å². The molecule has 0 spiro atoms. The summed E-state index contributed by atoms with van der Waals surface area (Å²) in [5, 5.41) is 8.04. The Morgan fingerprint density at radius 3 is 2.45 bits per heavy atom. The van der Waals surface area contributed by atoms with Crippen LogP contribution in [0.5, 0.6) is 5.75 Å². The number of thiazole rings is 1.